The molecule has 0 aliphatic heterocycles. The fourth-order valence-corrected chi connectivity index (χ4v) is 4.48. The molecule has 0 bridgehead atoms. The van der Waals surface area contributed by atoms with Crippen molar-refractivity contribution in [2.24, 2.45) is 5.92 Å². The van der Waals surface area contributed by atoms with E-state index in [1.54, 1.807) is 18.2 Å². The minimum absolute atomic E-state index is 0.152. The maximum atomic E-state index is 13.4. The Kier molecular flexibility index (Phi) is 6.88. The number of fused-ring (bicyclic) bond motifs is 1. The van der Waals surface area contributed by atoms with Gasteiger partial charge in [-0.2, -0.15) is 0 Å². The van der Waals surface area contributed by atoms with Gasteiger partial charge >= 0.3 is 5.97 Å². The first-order valence-corrected chi connectivity index (χ1v) is 11.7. The van der Waals surface area contributed by atoms with E-state index in [0.29, 0.717) is 17.1 Å². The Morgan fingerprint density at radius 1 is 1.00 bits per heavy atom. The largest absolute Gasteiger partial charge is 0.480 e. The first kappa shape index (κ1) is 23.4. The molecule has 4 rings (SSSR count). The number of carboxylic acids is 1. The smallest absolute Gasteiger partial charge is 0.326 e. The summed E-state index contributed by atoms with van der Waals surface area (Å²) in [6.07, 6.45) is 0.368. The van der Waals surface area contributed by atoms with Crippen molar-refractivity contribution in [3.8, 4) is 11.1 Å². The highest BCUT2D eigenvalue weighted by atomic mass is 32.1. The summed E-state index contributed by atoms with van der Waals surface area (Å²) in [6.45, 7) is 3.83. The normalized spacial score (nSPS) is 12.0. The number of aromatic nitrogens is 1. The summed E-state index contributed by atoms with van der Waals surface area (Å²) in [5, 5.41) is 15.9. The molecular weight excluding hydrogens is 453 g/mol. The number of rotatable bonds is 8. The molecule has 34 heavy (non-hydrogen) atoms. The molecule has 8 heteroatoms. The van der Waals surface area contributed by atoms with Crippen LogP contribution in [0.1, 0.15) is 30.6 Å². The lowest BCUT2D eigenvalue weighted by atomic mass is 10.0. The van der Waals surface area contributed by atoms with Crippen molar-refractivity contribution >= 4 is 44.2 Å². The lowest BCUT2D eigenvalue weighted by molar-refractivity contribution is -0.139. The standard InChI is InChI=1S/C26H24FN3O3S/c1-15(2)13-22(25(32)33)29-24(31)18-5-3-16(4-6-18)17-7-10-20(11-8-17)28-26-30-21-12-9-19(27)14-23(21)34-26/h3-12,14-15,22H,13H2,1-2H3,(H,28,30)(H,29,31)(H,32,33)/t22-/m1/s1. The third-order valence-electron chi connectivity index (χ3n) is 5.28. The lowest BCUT2D eigenvalue weighted by Crippen LogP contribution is -2.41. The van der Waals surface area contributed by atoms with Crippen LogP contribution < -0.4 is 10.6 Å². The van der Waals surface area contributed by atoms with Gasteiger partial charge < -0.3 is 15.7 Å². The van der Waals surface area contributed by atoms with Crippen LogP contribution in [0.5, 0.6) is 0 Å². The number of hydrogen-bond donors (Lipinski definition) is 3. The number of amides is 1. The van der Waals surface area contributed by atoms with E-state index in [0.717, 1.165) is 27.0 Å². The fraction of sp³-hybridized carbons (Fsp3) is 0.192. The van der Waals surface area contributed by atoms with Crippen molar-refractivity contribution in [3.63, 3.8) is 0 Å². The molecule has 0 spiro atoms. The Morgan fingerprint density at radius 3 is 2.26 bits per heavy atom. The molecule has 0 saturated carbocycles. The zero-order chi connectivity index (χ0) is 24.2. The van der Waals surface area contributed by atoms with Crippen molar-refractivity contribution in [1.29, 1.82) is 0 Å². The summed E-state index contributed by atoms with van der Waals surface area (Å²) >= 11 is 1.38. The number of thiazole rings is 1. The van der Waals surface area contributed by atoms with Gasteiger partial charge in [0.1, 0.15) is 11.9 Å². The second-order valence-electron chi connectivity index (χ2n) is 8.40. The SMILES string of the molecule is CC(C)C[C@@H](NC(=O)c1ccc(-c2ccc(Nc3nc4ccc(F)cc4s3)cc2)cc1)C(=O)O. The Balaban J connectivity index is 1.42. The Bertz CT molecular complexity index is 1320. The van der Waals surface area contributed by atoms with Gasteiger partial charge in [0.2, 0.25) is 0 Å². The number of nitrogens with zero attached hydrogens (tertiary/aromatic N) is 1. The third-order valence-corrected chi connectivity index (χ3v) is 6.21. The van der Waals surface area contributed by atoms with Crippen LogP contribution in [0.4, 0.5) is 15.2 Å². The Morgan fingerprint density at radius 2 is 1.65 bits per heavy atom. The van der Waals surface area contributed by atoms with Gasteiger partial charge in [0.25, 0.3) is 5.91 Å². The molecule has 1 aromatic heterocycles. The van der Waals surface area contributed by atoms with Crippen LogP contribution in [0.15, 0.2) is 66.7 Å². The van der Waals surface area contributed by atoms with Crippen LogP contribution in [-0.4, -0.2) is 28.0 Å². The molecule has 1 amide bonds. The zero-order valence-corrected chi connectivity index (χ0v) is 19.5. The van der Waals surface area contributed by atoms with Gasteiger partial charge in [-0.3, -0.25) is 4.79 Å². The van der Waals surface area contributed by atoms with Crippen LogP contribution >= 0.6 is 11.3 Å². The van der Waals surface area contributed by atoms with E-state index in [9.17, 15) is 19.1 Å². The fourth-order valence-electron chi connectivity index (χ4n) is 3.57. The van der Waals surface area contributed by atoms with Crippen molar-refractivity contribution < 1.29 is 19.1 Å². The number of hydrogen-bond acceptors (Lipinski definition) is 5. The molecule has 0 fully saturated rings. The molecule has 4 aromatic rings. The first-order valence-electron chi connectivity index (χ1n) is 10.9. The number of anilines is 2. The van der Waals surface area contributed by atoms with Gasteiger partial charge in [-0.15, -0.1) is 0 Å². The maximum Gasteiger partial charge on any atom is 0.326 e. The molecule has 3 N–H and O–H groups in total. The highest BCUT2D eigenvalue weighted by molar-refractivity contribution is 7.22. The number of aliphatic carboxylic acids is 1. The molecule has 3 aromatic carbocycles. The van der Waals surface area contributed by atoms with Gasteiger partial charge in [0.05, 0.1) is 10.2 Å². The van der Waals surface area contributed by atoms with E-state index in [4.69, 9.17) is 0 Å². The van der Waals surface area contributed by atoms with Gasteiger partial charge in [-0.25, -0.2) is 14.2 Å². The molecule has 174 valence electrons. The van der Waals surface area contributed by atoms with E-state index < -0.39 is 17.9 Å². The molecule has 0 radical (unpaired) electrons. The van der Waals surface area contributed by atoms with Crippen molar-refractivity contribution in [3.05, 3.63) is 78.1 Å². The monoisotopic (exact) mass is 477 g/mol. The molecule has 0 unspecified atom stereocenters. The second-order valence-corrected chi connectivity index (χ2v) is 9.44. The van der Waals surface area contributed by atoms with E-state index >= 15 is 0 Å². The van der Waals surface area contributed by atoms with Crippen LogP contribution in [0.3, 0.4) is 0 Å². The summed E-state index contributed by atoms with van der Waals surface area (Å²) in [7, 11) is 0. The highest BCUT2D eigenvalue weighted by Crippen LogP contribution is 2.30. The first-order chi connectivity index (χ1) is 16.3. The quantitative estimate of drug-likeness (QED) is 0.286. The van der Waals surface area contributed by atoms with E-state index in [2.05, 4.69) is 15.6 Å². The van der Waals surface area contributed by atoms with Gasteiger partial charge in [0, 0.05) is 11.3 Å². The minimum Gasteiger partial charge on any atom is -0.480 e. The van der Waals surface area contributed by atoms with Crippen LogP contribution in [0.25, 0.3) is 21.3 Å². The van der Waals surface area contributed by atoms with E-state index in [-0.39, 0.29) is 11.7 Å². The number of carbonyl (C=O) groups excluding carboxylic acids is 1. The van der Waals surface area contributed by atoms with Crippen LogP contribution in [0.2, 0.25) is 0 Å². The maximum absolute atomic E-state index is 13.4. The zero-order valence-electron chi connectivity index (χ0n) is 18.7. The molecular formula is C26H24FN3O3S. The van der Waals surface area contributed by atoms with Gasteiger partial charge in [-0.1, -0.05) is 49.4 Å². The summed E-state index contributed by atoms with van der Waals surface area (Å²) in [4.78, 5) is 28.4. The molecule has 0 aliphatic carbocycles. The highest BCUT2D eigenvalue weighted by Gasteiger charge is 2.21. The summed E-state index contributed by atoms with van der Waals surface area (Å²) < 4.78 is 14.2. The summed E-state index contributed by atoms with van der Waals surface area (Å²) in [6, 6.07) is 18.4. The number of benzene rings is 3. The molecule has 0 aliphatic rings. The number of halogens is 1. The number of carboxylic acid groups (broad SMARTS) is 1. The van der Waals surface area contributed by atoms with Gasteiger partial charge in [-0.05, 0) is 65.9 Å². The minimum atomic E-state index is -1.04. The Labute approximate surface area is 200 Å². The van der Waals surface area contributed by atoms with Crippen LogP contribution in [0, 0.1) is 11.7 Å². The second kappa shape index (κ2) is 10.0. The lowest BCUT2D eigenvalue weighted by Gasteiger charge is -2.16. The van der Waals surface area contributed by atoms with E-state index in [1.165, 1.54) is 23.5 Å². The predicted molar refractivity (Wildman–Crippen MR) is 133 cm³/mol. The molecule has 1 heterocycles. The summed E-state index contributed by atoms with van der Waals surface area (Å²) in [5.74, 6) is -1.58. The topological polar surface area (TPSA) is 91.3 Å². The van der Waals surface area contributed by atoms with Crippen molar-refractivity contribution in [2.45, 2.75) is 26.3 Å². The van der Waals surface area contributed by atoms with Crippen molar-refractivity contribution in [2.75, 3.05) is 5.32 Å². The third kappa shape index (κ3) is 5.58. The van der Waals surface area contributed by atoms with Crippen molar-refractivity contribution in [1.82, 2.24) is 10.3 Å². The average molecular weight is 478 g/mol. The number of carbonyl (C=O) groups is 2. The average Bonchev–Trinajstić information content (AvgIpc) is 3.20. The van der Waals surface area contributed by atoms with Gasteiger partial charge in [0.15, 0.2) is 5.13 Å². The number of nitrogens with one attached hydrogen (secondary N) is 2. The summed E-state index contributed by atoms with van der Waals surface area (Å²) in [5.41, 5.74) is 3.89. The molecule has 6 nitrogen and oxygen atoms in total. The molecule has 0 saturated heterocycles. The molecule has 1 atom stereocenters. The van der Waals surface area contributed by atoms with Crippen LogP contribution in [-0.2, 0) is 4.79 Å². The van der Waals surface area contributed by atoms with E-state index in [1.807, 2.05) is 50.2 Å². The Hall–Kier alpha value is -3.78. The predicted octanol–water partition coefficient (Wildman–Crippen LogP) is 6.08.